The van der Waals surface area contributed by atoms with Gasteiger partial charge in [0.15, 0.2) is 5.82 Å². The molecule has 0 spiro atoms. The predicted octanol–water partition coefficient (Wildman–Crippen LogP) is 4.37. The summed E-state index contributed by atoms with van der Waals surface area (Å²) < 4.78 is 37.0. The van der Waals surface area contributed by atoms with Gasteiger partial charge in [0.2, 0.25) is 0 Å². The number of nitrogens with zero attached hydrogens (tertiary/aromatic N) is 3. The summed E-state index contributed by atoms with van der Waals surface area (Å²) in [4.78, 5) is 32.1. The van der Waals surface area contributed by atoms with E-state index in [1.54, 1.807) is 39.8 Å². The minimum absolute atomic E-state index is 0.0314. The van der Waals surface area contributed by atoms with E-state index in [9.17, 15) is 23.1 Å². The first-order valence-corrected chi connectivity index (χ1v) is 15.9. The monoisotopic (exact) mass is 644 g/mol. The number of anilines is 1. The molecule has 1 aromatic carbocycles. The molecule has 0 radical (unpaired) electrons. The maximum absolute atomic E-state index is 13.1. The highest BCUT2D eigenvalue weighted by molar-refractivity contribution is 9.10. The molecule has 2 atom stereocenters. The Balaban J connectivity index is 1.66. The second-order valence-electron chi connectivity index (χ2n) is 10.0. The summed E-state index contributed by atoms with van der Waals surface area (Å²) in [6, 6.07) is 5.82. The van der Waals surface area contributed by atoms with E-state index in [2.05, 4.69) is 25.6 Å². The van der Waals surface area contributed by atoms with Crippen molar-refractivity contribution < 1.29 is 23.1 Å². The summed E-state index contributed by atoms with van der Waals surface area (Å²) in [7, 11) is -4.02. The fourth-order valence-corrected chi connectivity index (χ4v) is 7.93. The number of imidazole rings is 1. The molecule has 0 saturated carbocycles. The molecule has 0 aliphatic carbocycles. The number of aryl methyl sites for hydroxylation is 1. The van der Waals surface area contributed by atoms with E-state index in [1.807, 2.05) is 6.92 Å². The standard InChI is InChI=1S/C24H29BrN4O6S3/c1-13-14(2)37-21(36-12-16-10-17(30)11-28(16)23(32)35-24(3,4)5)19-20(26-22(31)29(13)19)27-38(33,34)18-8-6-15(25)7-9-18/h6-9,16-17,30H,10-12H2,1-5H3,(H,26,27,31)/t16-,17+/m0/s1. The van der Waals surface area contributed by atoms with Crippen molar-refractivity contribution in [3.8, 4) is 5.69 Å². The van der Waals surface area contributed by atoms with E-state index in [1.165, 1.54) is 44.7 Å². The first-order chi connectivity index (χ1) is 17.7. The molecular formula is C24H29BrN4O6S3. The Hall–Kier alpha value is -2.13. The van der Waals surface area contributed by atoms with Crippen molar-refractivity contribution in [2.75, 3.05) is 17.0 Å². The number of benzene rings is 1. The van der Waals surface area contributed by atoms with Crippen LogP contribution in [-0.4, -0.2) is 64.1 Å². The molecule has 0 bridgehead atoms. The molecule has 1 fully saturated rings. The minimum Gasteiger partial charge on any atom is -0.444 e. The van der Waals surface area contributed by atoms with Gasteiger partial charge in [-0.15, -0.1) is 23.1 Å². The number of sulfonamides is 1. The van der Waals surface area contributed by atoms with Crippen LogP contribution in [0.4, 0.5) is 10.6 Å². The van der Waals surface area contributed by atoms with Crippen LogP contribution in [0.3, 0.4) is 0 Å². The van der Waals surface area contributed by atoms with Crippen LogP contribution in [0.5, 0.6) is 0 Å². The number of amides is 1. The number of aliphatic hydroxyl groups is 1. The summed E-state index contributed by atoms with van der Waals surface area (Å²) >= 11 is 6.09. The van der Waals surface area contributed by atoms with Crippen LogP contribution in [0.1, 0.15) is 37.8 Å². The molecule has 1 amide bonds. The number of hydrogen-bond acceptors (Lipinski definition) is 9. The molecule has 10 nitrogen and oxygen atoms in total. The van der Waals surface area contributed by atoms with Gasteiger partial charge < -0.3 is 14.7 Å². The third kappa shape index (κ3) is 6.19. The first kappa shape index (κ1) is 28.9. The van der Waals surface area contributed by atoms with Gasteiger partial charge in [-0.05, 0) is 65.3 Å². The zero-order valence-corrected chi connectivity index (χ0v) is 25.6. The smallest absolute Gasteiger partial charge is 0.410 e. The maximum Gasteiger partial charge on any atom is 0.410 e. The van der Waals surface area contributed by atoms with Crippen LogP contribution in [0, 0.1) is 13.8 Å². The summed E-state index contributed by atoms with van der Waals surface area (Å²) in [6.45, 7) is 9.17. The fraction of sp³-hybridized carbons (Fsp3) is 0.458. The van der Waals surface area contributed by atoms with E-state index in [4.69, 9.17) is 4.74 Å². The summed E-state index contributed by atoms with van der Waals surface area (Å²) in [6.07, 6.45) is -0.788. The summed E-state index contributed by atoms with van der Waals surface area (Å²) in [5.74, 6) is 0.346. The highest BCUT2D eigenvalue weighted by Gasteiger charge is 2.37. The number of rotatable bonds is 6. The Morgan fingerprint density at radius 2 is 1.95 bits per heavy atom. The van der Waals surface area contributed by atoms with Crippen LogP contribution < -0.4 is 10.4 Å². The number of halogens is 1. The third-order valence-electron chi connectivity index (χ3n) is 5.91. The molecule has 1 saturated heterocycles. The lowest BCUT2D eigenvalue weighted by molar-refractivity contribution is 0.0222. The van der Waals surface area contributed by atoms with Crippen molar-refractivity contribution in [3.05, 3.63) is 49.8 Å². The second kappa shape index (κ2) is 10.8. The second-order valence-corrected chi connectivity index (χ2v) is 15.1. The largest absolute Gasteiger partial charge is 0.444 e. The van der Waals surface area contributed by atoms with E-state index in [-0.39, 0.29) is 23.3 Å². The summed E-state index contributed by atoms with van der Waals surface area (Å²) in [5, 5.41) is 10.3. The number of β-amino-alcohol motifs (C(OH)–C–C–N with tert-alkyl or cyclic N) is 1. The molecule has 2 N–H and O–H groups in total. The van der Waals surface area contributed by atoms with Crippen molar-refractivity contribution in [3.63, 3.8) is 0 Å². The van der Waals surface area contributed by atoms with Crippen molar-refractivity contribution in [2.24, 2.45) is 0 Å². The lowest BCUT2D eigenvalue weighted by Crippen LogP contribution is -2.41. The normalized spacial score (nSPS) is 18.2. The molecule has 3 aliphatic heterocycles. The van der Waals surface area contributed by atoms with Gasteiger partial charge in [-0.2, -0.15) is 4.98 Å². The van der Waals surface area contributed by atoms with Crippen molar-refractivity contribution >= 4 is 61.0 Å². The van der Waals surface area contributed by atoms with Gasteiger partial charge in [-0.1, -0.05) is 15.9 Å². The van der Waals surface area contributed by atoms with Crippen LogP contribution in [-0.2, 0) is 14.8 Å². The number of carbonyl (C=O) groups is 1. The number of aromatic nitrogens is 2. The number of nitrogens with one attached hydrogen (secondary N) is 1. The van der Waals surface area contributed by atoms with Gasteiger partial charge in [0.1, 0.15) is 11.3 Å². The molecule has 3 aliphatic rings. The number of likely N-dealkylation sites (tertiary alicyclic amines) is 1. The van der Waals surface area contributed by atoms with Gasteiger partial charge in [0, 0.05) is 26.8 Å². The Bertz CT molecular complexity index is 1480. The van der Waals surface area contributed by atoms with Crippen molar-refractivity contribution in [1.29, 1.82) is 0 Å². The lowest BCUT2D eigenvalue weighted by Gasteiger charge is -2.28. The molecule has 14 heteroatoms. The SMILES string of the molecule is Cc1sc(SC[C@@H]2C[C@@H](O)CN2C(=O)OC(C)(C)C)c2c(NS(=O)(=O)c3ccc(Br)cc3)nc(=O)n-2c1C. The van der Waals surface area contributed by atoms with E-state index in [0.717, 1.165) is 9.35 Å². The average molecular weight is 646 g/mol. The van der Waals surface area contributed by atoms with Gasteiger partial charge >= 0.3 is 11.8 Å². The van der Waals surface area contributed by atoms with Crippen molar-refractivity contribution in [1.82, 2.24) is 14.5 Å². The van der Waals surface area contributed by atoms with Crippen LogP contribution in [0.25, 0.3) is 5.69 Å². The maximum atomic E-state index is 13.1. The zero-order chi connectivity index (χ0) is 28.0. The molecule has 38 heavy (non-hydrogen) atoms. The highest BCUT2D eigenvalue weighted by Crippen LogP contribution is 2.40. The molecule has 1 aromatic rings. The minimum atomic E-state index is -4.02. The zero-order valence-electron chi connectivity index (χ0n) is 21.5. The Morgan fingerprint density at radius 3 is 2.58 bits per heavy atom. The first-order valence-electron chi connectivity index (χ1n) is 11.8. The average Bonchev–Trinajstić information content (AvgIpc) is 3.33. The number of aliphatic hydroxyl groups excluding tert-OH is 1. The molecule has 0 unspecified atom stereocenters. The van der Waals surface area contributed by atoms with Gasteiger partial charge in [0.25, 0.3) is 10.0 Å². The number of carbonyl (C=O) groups excluding carboxylic acids is 1. The number of ether oxygens (including phenoxy) is 1. The van der Waals surface area contributed by atoms with Gasteiger partial charge in [-0.3, -0.25) is 9.29 Å². The molecule has 4 rings (SSSR count). The molecule has 206 valence electrons. The van der Waals surface area contributed by atoms with Gasteiger partial charge in [0.05, 0.1) is 21.8 Å². The Morgan fingerprint density at radius 1 is 1.29 bits per heavy atom. The predicted molar refractivity (Wildman–Crippen MR) is 151 cm³/mol. The van der Waals surface area contributed by atoms with Crippen molar-refractivity contribution in [2.45, 2.75) is 67.9 Å². The summed E-state index contributed by atoms with van der Waals surface area (Å²) in [5.41, 5.74) is -0.243. The Kier molecular flexibility index (Phi) is 8.20. The number of hydrogen-bond donors (Lipinski definition) is 2. The van der Waals surface area contributed by atoms with Gasteiger partial charge in [-0.25, -0.2) is 18.0 Å². The molecular weight excluding hydrogens is 616 g/mol. The topological polar surface area (TPSA) is 131 Å². The quantitative estimate of drug-likeness (QED) is 0.378. The molecule has 3 heterocycles. The lowest BCUT2D eigenvalue weighted by atomic mass is 10.2. The van der Waals surface area contributed by atoms with Crippen LogP contribution >= 0.6 is 39.0 Å². The third-order valence-corrected chi connectivity index (χ3v) is 10.4. The fourth-order valence-electron chi connectivity index (χ4n) is 4.05. The van der Waals surface area contributed by atoms with E-state index in [0.29, 0.717) is 27.8 Å². The molecule has 0 aromatic heterocycles. The number of thioether (sulfide) groups is 1. The Labute approximate surface area is 237 Å². The number of fused-ring (bicyclic) bond motifs is 1. The van der Waals surface area contributed by atoms with E-state index < -0.39 is 33.5 Å². The van der Waals surface area contributed by atoms with Crippen LogP contribution in [0.15, 0.2) is 42.6 Å². The van der Waals surface area contributed by atoms with E-state index >= 15 is 0 Å². The highest BCUT2D eigenvalue weighted by atomic mass is 79.9. The van der Waals surface area contributed by atoms with Crippen LogP contribution in [0.2, 0.25) is 0 Å².